The Morgan fingerprint density at radius 2 is 1.74 bits per heavy atom. The standard InChI is InChI=1S/C28H28N2O5/c1-18(2)17-35-23-9-4-6-20(14-23)25-24(26(31)21-7-5-8-22(15-21)34-3)27(32)28(33)30(25)16-19-10-12-29-13-11-19/h4-15,18,25,31H,16-17H2,1-3H3/b26-24-. The number of carbonyl (C=O) groups excluding carboxylic acids is 2. The smallest absolute Gasteiger partial charge is 0.295 e. The van der Waals surface area contributed by atoms with E-state index in [4.69, 9.17) is 9.47 Å². The fourth-order valence-electron chi connectivity index (χ4n) is 4.04. The van der Waals surface area contributed by atoms with Crippen LogP contribution >= 0.6 is 0 Å². The number of amides is 1. The molecule has 1 fully saturated rings. The molecular formula is C28H28N2O5. The molecule has 1 aliphatic heterocycles. The maximum atomic E-state index is 13.3. The van der Waals surface area contributed by atoms with E-state index in [1.54, 1.807) is 48.8 Å². The molecule has 2 aromatic carbocycles. The molecule has 3 aromatic rings. The lowest BCUT2D eigenvalue weighted by Crippen LogP contribution is -2.29. The Morgan fingerprint density at radius 3 is 2.46 bits per heavy atom. The highest BCUT2D eigenvalue weighted by Gasteiger charge is 2.46. The van der Waals surface area contributed by atoms with E-state index in [9.17, 15) is 14.7 Å². The first kappa shape index (κ1) is 24.0. The Balaban J connectivity index is 1.83. The van der Waals surface area contributed by atoms with Gasteiger partial charge in [-0.25, -0.2) is 0 Å². The summed E-state index contributed by atoms with van der Waals surface area (Å²) in [6.45, 7) is 4.83. The van der Waals surface area contributed by atoms with E-state index in [1.165, 1.54) is 12.0 Å². The number of likely N-dealkylation sites (tertiary alicyclic amines) is 1. The molecule has 0 spiro atoms. The van der Waals surface area contributed by atoms with Gasteiger partial charge in [-0.1, -0.05) is 38.1 Å². The van der Waals surface area contributed by atoms with Gasteiger partial charge in [0, 0.05) is 24.5 Å². The number of aliphatic hydroxyl groups excluding tert-OH is 1. The van der Waals surface area contributed by atoms with Crippen LogP contribution in [0.4, 0.5) is 0 Å². The van der Waals surface area contributed by atoms with Crippen LogP contribution in [0.2, 0.25) is 0 Å². The van der Waals surface area contributed by atoms with E-state index in [-0.39, 0.29) is 17.9 Å². The quantitative estimate of drug-likeness (QED) is 0.289. The molecule has 1 N–H and O–H groups in total. The van der Waals surface area contributed by atoms with Gasteiger partial charge in [-0.2, -0.15) is 0 Å². The largest absolute Gasteiger partial charge is 0.507 e. The van der Waals surface area contributed by atoms with Crippen molar-refractivity contribution in [3.05, 3.63) is 95.3 Å². The minimum atomic E-state index is -0.794. The van der Waals surface area contributed by atoms with Gasteiger partial charge in [-0.05, 0) is 53.4 Å². The first-order valence-electron chi connectivity index (χ1n) is 11.4. The molecule has 0 radical (unpaired) electrons. The normalized spacial score (nSPS) is 17.1. The highest BCUT2D eigenvalue weighted by Crippen LogP contribution is 2.41. The SMILES string of the molecule is COc1cccc(/C(O)=C2/C(=O)C(=O)N(Cc3ccncc3)C2c2cccc(OCC(C)C)c2)c1. The maximum absolute atomic E-state index is 13.3. The van der Waals surface area contributed by atoms with Crippen LogP contribution < -0.4 is 9.47 Å². The van der Waals surface area contributed by atoms with Crippen LogP contribution in [0.5, 0.6) is 11.5 Å². The van der Waals surface area contributed by atoms with Crippen molar-refractivity contribution in [2.24, 2.45) is 5.92 Å². The van der Waals surface area contributed by atoms with E-state index < -0.39 is 17.7 Å². The fourth-order valence-corrected chi connectivity index (χ4v) is 4.04. The van der Waals surface area contributed by atoms with Crippen molar-refractivity contribution >= 4 is 17.4 Å². The third kappa shape index (κ3) is 5.19. The van der Waals surface area contributed by atoms with Gasteiger partial charge in [0.05, 0.1) is 25.3 Å². The monoisotopic (exact) mass is 472 g/mol. The van der Waals surface area contributed by atoms with E-state index in [0.717, 1.165) is 5.56 Å². The molecule has 1 amide bonds. The predicted octanol–water partition coefficient (Wildman–Crippen LogP) is 4.75. The van der Waals surface area contributed by atoms with Gasteiger partial charge >= 0.3 is 0 Å². The van der Waals surface area contributed by atoms with Crippen molar-refractivity contribution in [1.29, 1.82) is 0 Å². The predicted molar refractivity (Wildman–Crippen MR) is 132 cm³/mol. The molecular weight excluding hydrogens is 444 g/mol. The van der Waals surface area contributed by atoms with Crippen molar-refractivity contribution in [3.63, 3.8) is 0 Å². The Kier molecular flexibility index (Phi) is 7.15. The number of aromatic nitrogens is 1. The number of benzene rings is 2. The maximum Gasteiger partial charge on any atom is 0.295 e. The molecule has 1 aromatic heterocycles. The Labute approximate surface area is 204 Å². The summed E-state index contributed by atoms with van der Waals surface area (Å²) in [6.07, 6.45) is 3.27. The lowest BCUT2D eigenvalue weighted by Gasteiger charge is -2.26. The highest BCUT2D eigenvalue weighted by molar-refractivity contribution is 6.46. The number of Topliss-reactive ketones (excluding diaryl/α,β-unsaturated/α-hetero) is 1. The van der Waals surface area contributed by atoms with E-state index >= 15 is 0 Å². The first-order chi connectivity index (χ1) is 16.9. The summed E-state index contributed by atoms with van der Waals surface area (Å²) in [5.41, 5.74) is 1.91. The molecule has 4 rings (SSSR count). The van der Waals surface area contributed by atoms with E-state index in [0.29, 0.717) is 35.2 Å². The van der Waals surface area contributed by atoms with Crippen LogP contribution in [0.25, 0.3) is 5.76 Å². The molecule has 0 saturated carbocycles. The number of ketones is 1. The summed E-state index contributed by atoms with van der Waals surface area (Å²) in [6, 6.07) is 16.9. The second-order valence-electron chi connectivity index (χ2n) is 8.79. The van der Waals surface area contributed by atoms with Gasteiger partial charge in [0.1, 0.15) is 17.3 Å². The molecule has 7 nitrogen and oxygen atoms in total. The molecule has 35 heavy (non-hydrogen) atoms. The molecule has 2 heterocycles. The zero-order valence-electron chi connectivity index (χ0n) is 20.0. The van der Waals surface area contributed by atoms with Crippen LogP contribution in [0.1, 0.15) is 36.6 Å². The third-order valence-corrected chi connectivity index (χ3v) is 5.74. The number of rotatable bonds is 8. The van der Waals surface area contributed by atoms with Crippen molar-refractivity contribution in [3.8, 4) is 11.5 Å². The molecule has 180 valence electrons. The van der Waals surface area contributed by atoms with Crippen LogP contribution in [0.3, 0.4) is 0 Å². The number of nitrogens with zero attached hydrogens (tertiary/aromatic N) is 2. The molecule has 1 unspecified atom stereocenters. The van der Waals surface area contributed by atoms with Crippen LogP contribution in [-0.2, 0) is 16.1 Å². The number of aliphatic hydroxyl groups is 1. The van der Waals surface area contributed by atoms with Gasteiger partial charge in [0.25, 0.3) is 11.7 Å². The van der Waals surface area contributed by atoms with Gasteiger partial charge in [-0.3, -0.25) is 14.6 Å². The van der Waals surface area contributed by atoms with Crippen molar-refractivity contribution in [2.75, 3.05) is 13.7 Å². The number of carbonyl (C=O) groups is 2. The van der Waals surface area contributed by atoms with Crippen LogP contribution in [0.15, 0.2) is 78.6 Å². The highest BCUT2D eigenvalue weighted by atomic mass is 16.5. The van der Waals surface area contributed by atoms with E-state index in [1.807, 2.05) is 24.3 Å². The van der Waals surface area contributed by atoms with Gasteiger partial charge in [0.2, 0.25) is 0 Å². The summed E-state index contributed by atoms with van der Waals surface area (Å²) >= 11 is 0. The number of hydrogen-bond acceptors (Lipinski definition) is 6. The lowest BCUT2D eigenvalue weighted by molar-refractivity contribution is -0.140. The topological polar surface area (TPSA) is 89.0 Å². The minimum absolute atomic E-state index is 0.0262. The van der Waals surface area contributed by atoms with Gasteiger partial charge in [0.15, 0.2) is 0 Å². The van der Waals surface area contributed by atoms with Crippen LogP contribution in [-0.4, -0.2) is 40.4 Å². The van der Waals surface area contributed by atoms with Gasteiger partial charge < -0.3 is 19.5 Å². The number of hydrogen-bond donors (Lipinski definition) is 1. The summed E-state index contributed by atoms with van der Waals surface area (Å²) in [5, 5.41) is 11.3. The molecule has 0 aliphatic carbocycles. The fraction of sp³-hybridized carbons (Fsp3) is 0.250. The lowest BCUT2D eigenvalue weighted by atomic mass is 9.95. The van der Waals surface area contributed by atoms with E-state index in [2.05, 4.69) is 18.8 Å². The Morgan fingerprint density at radius 1 is 1.03 bits per heavy atom. The molecule has 1 atom stereocenters. The molecule has 1 saturated heterocycles. The Hall–Kier alpha value is -4.13. The zero-order valence-corrected chi connectivity index (χ0v) is 20.0. The molecule has 1 aliphatic rings. The minimum Gasteiger partial charge on any atom is -0.507 e. The molecule has 7 heteroatoms. The van der Waals surface area contributed by atoms with Crippen molar-refractivity contribution in [2.45, 2.75) is 26.4 Å². The summed E-state index contributed by atoms with van der Waals surface area (Å²) in [4.78, 5) is 32.0. The average molecular weight is 473 g/mol. The number of methoxy groups -OCH3 is 1. The second kappa shape index (κ2) is 10.4. The summed E-state index contributed by atoms with van der Waals surface area (Å²) < 4.78 is 11.2. The van der Waals surface area contributed by atoms with Crippen molar-refractivity contribution in [1.82, 2.24) is 9.88 Å². The Bertz CT molecular complexity index is 1250. The van der Waals surface area contributed by atoms with Gasteiger partial charge in [-0.15, -0.1) is 0 Å². The second-order valence-corrected chi connectivity index (χ2v) is 8.79. The summed E-state index contributed by atoms with van der Waals surface area (Å²) in [5.74, 6) is -0.169. The number of ether oxygens (including phenoxy) is 2. The third-order valence-electron chi connectivity index (χ3n) is 5.74. The van der Waals surface area contributed by atoms with Crippen molar-refractivity contribution < 1.29 is 24.2 Å². The zero-order chi connectivity index (χ0) is 24.9. The summed E-state index contributed by atoms with van der Waals surface area (Å²) in [7, 11) is 1.52. The first-order valence-corrected chi connectivity index (χ1v) is 11.4. The van der Waals surface area contributed by atoms with Crippen LogP contribution in [0, 0.1) is 5.92 Å². The average Bonchev–Trinajstić information content (AvgIpc) is 3.12. The number of pyridine rings is 1. The molecule has 0 bridgehead atoms.